The monoisotopic (exact) mass is 420 g/mol. The number of nitrogens with two attached hydrogens (primary N) is 1. The molecule has 5 nitrogen and oxygen atoms in total. The van der Waals surface area contributed by atoms with E-state index < -0.39 is 0 Å². The van der Waals surface area contributed by atoms with Crippen LogP contribution in [0.1, 0.15) is 24.2 Å². The average molecular weight is 421 g/mol. The van der Waals surface area contributed by atoms with E-state index in [4.69, 9.17) is 5.73 Å². The van der Waals surface area contributed by atoms with Gasteiger partial charge in [0.25, 0.3) is 5.91 Å². The number of thiophene rings is 1. The van der Waals surface area contributed by atoms with Crippen LogP contribution in [0.3, 0.4) is 0 Å². The summed E-state index contributed by atoms with van der Waals surface area (Å²) in [5, 5.41) is 5.00. The topological polar surface area (TPSA) is 61.6 Å². The summed E-state index contributed by atoms with van der Waals surface area (Å²) < 4.78 is 0. The SMILES string of the molecule is CC(C)N1CCN(c2ccc(C(=O)Nc3cc(-c4cccs4)ccc3N)cc2)CC1. The molecule has 1 saturated heterocycles. The number of amides is 1. The predicted molar refractivity (Wildman–Crippen MR) is 127 cm³/mol. The highest BCUT2D eigenvalue weighted by Crippen LogP contribution is 2.30. The van der Waals surface area contributed by atoms with Crippen molar-refractivity contribution in [3.63, 3.8) is 0 Å². The molecule has 156 valence electrons. The number of rotatable bonds is 5. The Hall–Kier alpha value is -2.83. The van der Waals surface area contributed by atoms with Gasteiger partial charge in [-0.3, -0.25) is 9.69 Å². The molecule has 0 radical (unpaired) electrons. The summed E-state index contributed by atoms with van der Waals surface area (Å²) in [6.45, 7) is 8.64. The van der Waals surface area contributed by atoms with Crippen LogP contribution in [0.5, 0.6) is 0 Å². The number of carbonyl (C=O) groups excluding carboxylic acids is 1. The van der Waals surface area contributed by atoms with Crippen LogP contribution in [0.15, 0.2) is 60.0 Å². The van der Waals surface area contributed by atoms with E-state index in [-0.39, 0.29) is 5.91 Å². The van der Waals surface area contributed by atoms with E-state index in [1.807, 2.05) is 53.9 Å². The lowest BCUT2D eigenvalue weighted by Gasteiger charge is -2.38. The number of nitrogen functional groups attached to an aromatic ring is 1. The molecule has 0 aliphatic carbocycles. The van der Waals surface area contributed by atoms with Gasteiger partial charge in [0.2, 0.25) is 0 Å². The molecule has 2 heterocycles. The van der Waals surface area contributed by atoms with Crippen LogP contribution in [0.25, 0.3) is 10.4 Å². The van der Waals surface area contributed by atoms with Crippen molar-refractivity contribution in [3.05, 3.63) is 65.5 Å². The first-order chi connectivity index (χ1) is 14.5. The summed E-state index contributed by atoms with van der Waals surface area (Å²) in [7, 11) is 0. The van der Waals surface area contributed by atoms with Gasteiger partial charge in [0.05, 0.1) is 11.4 Å². The average Bonchev–Trinajstić information content (AvgIpc) is 3.30. The molecule has 1 amide bonds. The van der Waals surface area contributed by atoms with Gasteiger partial charge in [0.1, 0.15) is 0 Å². The highest BCUT2D eigenvalue weighted by atomic mass is 32.1. The third kappa shape index (κ3) is 4.50. The number of hydrogen-bond acceptors (Lipinski definition) is 5. The minimum absolute atomic E-state index is 0.152. The fourth-order valence-electron chi connectivity index (χ4n) is 3.78. The van der Waals surface area contributed by atoms with Crippen molar-refractivity contribution in [1.82, 2.24) is 4.90 Å². The van der Waals surface area contributed by atoms with E-state index in [0.29, 0.717) is 23.0 Å². The predicted octanol–water partition coefficient (Wildman–Crippen LogP) is 4.78. The number of nitrogens with zero attached hydrogens (tertiary/aromatic N) is 2. The molecule has 1 aliphatic rings. The Kier molecular flexibility index (Phi) is 6.06. The second-order valence-electron chi connectivity index (χ2n) is 7.90. The van der Waals surface area contributed by atoms with Gasteiger partial charge >= 0.3 is 0 Å². The number of carbonyl (C=O) groups is 1. The second-order valence-corrected chi connectivity index (χ2v) is 8.84. The Morgan fingerprint density at radius 2 is 1.77 bits per heavy atom. The van der Waals surface area contributed by atoms with Crippen LogP contribution in [0, 0.1) is 0 Å². The fraction of sp³-hybridized carbons (Fsp3) is 0.292. The van der Waals surface area contributed by atoms with E-state index in [2.05, 4.69) is 35.0 Å². The van der Waals surface area contributed by atoms with Gasteiger partial charge in [0, 0.05) is 48.3 Å². The molecule has 6 heteroatoms. The molecular weight excluding hydrogens is 392 g/mol. The first kappa shape index (κ1) is 20.4. The maximum absolute atomic E-state index is 12.8. The molecule has 0 spiro atoms. The summed E-state index contributed by atoms with van der Waals surface area (Å²) in [5.74, 6) is -0.152. The molecule has 1 aromatic heterocycles. The lowest BCUT2D eigenvalue weighted by atomic mass is 10.1. The van der Waals surface area contributed by atoms with E-state index in [0.717, 1.165) is 42.3 Å². The van der Waals surface area contributed by atoms with Gasteiger partial charge in [-0.1, -0.05) is 12.1 Å². The first-order valence-electron chi connectivity index (χ1n) is 10.3. The van der Waals surface area contributed by atoms with Crippen molar-refractivity contribution >= 4 is 34.3 Å². The van der Waals surface area contributed by atoms with Crippen molar-refractivity contribution in [3.8, 4) is 10.4 Å². The molecule has 3 N–H and O–H groups in total. The van der Waals surface area contributed by atoms with Crippen LogP contribution < -0.4 is 16.0 Å². The largest absolute Gasteiger partial charge is 0.397 e. The summed E-state index contributed by atoms with van der Waals surface area (Å²) in [5.41, 5.74) is 10.1. The maximum atomic E-state index is 12.8. The molecular formula is C24H28N4OS. The third-order valence-corrected chi connectivity index (χ3v) is 6.57. The molecule has 2 aromatic carbocycles. The van der Waals surface area contributed by atoms with Crippen molar-refractivity contribution in [1.29, 1.82) is 0 Å². The highest BCUT2D eigenvalue weighted by molar-refractivity contribution is 7.13. The molecule has 0 atom stereocenters. The molecule has 4 rings (SSSR count). The zero-order chi connectivity index (χ0) is 21.1. The van der Waals surface area contributed by atoms with Crippen molar-refractivity contribution < 1.29 is 4.79 Å². The molecule has 1 fully saturated rings. The Morgan fingerprint density at radius 1 is 1.03 bits per heavy atom. The zero-order valence-corrected chi connectivity index (χ0v) is 18.3. The lowest BCUT2D eigenvalue weighted by Crippen LogP contribution is -2.48. The van der Waals surface area contributed by atoms with Gasteiger partial charge in [-0.25, -0.2) is 0 Å². The second kappa shape index (κ2) is 8.90. The van der Waals surface area contributed by atoms with Crippen LogP contribution in [-0.4, -0.2) is 43.0 Å². The van der Waals surface area contributed by atoms with Crippen molar-refractivity contribution in [2.24, 2.45) is 0 Å². The van der Waals surface area contributed by atoms with Gasteiger partial charge in [0.15, 0.2) is 0 Å². The zero-order valence-electron chi connectivity index (χ0n) is 17.5. The van der Waals surface area contributed by atoms with E-state index in [1.54, 1.807) is 11.3 Å². The van der Waals surface area contributed by atoms with Gasteiger partial charge < -0.3 is 16.0 Å². The summed E-state index contributed by atoms with van der Waals surface area (Å²) in [4.78, 5) is 18.8. The van der Waals surface area contributed by atoms with E-state index >= 15 is 0 Å². The van der Waals surface area contributed by atoms with Gasteiger partial charge in [-0.05, 0) is 67.3 Å². The Morgan fingerprint density at radius 3 is 2.40 bits per heavy atom. The minimum atomic E-state index is -0.152. The molecule has 0 bridgehead atoms. The third-order valence-electron chi connectivity index (χ3n) is 5.65. The molecule has 3 aromatic rings. The first-order valence-corrected chi connectivity index (χ1v) is 11.2. The fourth-order valence-corrected chi connectivity index (χ4v) is 4.50. The summed E-state index contributed by atoms with van der Waals surface area (Å²) in [6.07, 6.45) is 0. The van der Waals surface area contributed by atoms with Gasteiger partial charge in [-0.2, -0.15) is 0 Å². The van der Waals surface area contributed by atoms with E-state index in [9.17, 15) is 4.79 Å². The minimum Gasteiger partial charge on any atom is -0.397 e. The number of nitrogens with one attached hydrogen (secondary N) is 1. The Labute approximate surface area is 182 Å². The normalized spacial score (nSPS) is 14.8. The smallest absolute Gasteiger partial charge is 0.255 e. The van der Waals surface area contributed by atoms with Crippen LogP contribution in [0.4, 0.5) is 17.1 Å². The van der Waals surface area contributed by atoms with Crippen molar-refractivity contribution in [2.75, 3.05) is 42.1 Å². The summed E-state index contributed by atoms with van der Waals surface area (Å²) in [6, 6.07) is 18.2. The molecule has 30 heavy (non-hydrogen) atoms. The number of hydrogen-bond donors (Lipinski definition) is 2. The summed E-state index contributed by atoms with van der Waals surface area (Å²) >= 11 is 1.66. The number of benzene rings is 2. The highest BCUT2D eigenvalue weighted by Gasteiger charge is 2.19. The van der Waals surface area contributed by atoms with Crippen LogP contribution in [-0.2, 0) is 0 Å². The number of piperazine rings is 1. The molecule has 0 saturated carbocycles. The molecule has 1 aliphatic heterocycles. The van der Waals surface area contributed by atoms with Crippen LogP contribution in [0.2, 0.25) is 0 Å². The number of anilines is 3. The lowest BCUT2D eigenvalue weighted by molar-refractivity contribution is 0.102. The molecule has 0 unspecified atom stereocenters. The van der Waals surface area contributed by atoms with E-state index in [1.165, 1.54) is 0 Å². The van der Waals surface area contributed by atoms with Gasteiger partial charge in [-0.15, -0.1) is 11.3 Å². The Balaban J connectivity index is 1.43. The maximum Gasteiger partial charge on any atom is 0.255 e. The standard InChI is InChI=1S/C24H28N4OS/c1-17(2)27-11-13-28(14-12-27)20-8-5-18(6-9-20)24(29)26-22-16-19(7-10-21(22)25)23-4-3-15-30-23/h3-10,15-17H,11-14,25H2,1-2H3,(H,26,29). The Bertz CT molecular complexity index is 991. The van der Waals surface area contributed by atoms with Crippen LogP contribution >= 0.6 is 11.3 Å². The van der Waals surface area contributed by atoms with Crippen molar-refractivity contribution in [2.45, 2.75) is 19.9 Å². The quantitative estimate of drug-likeness (QED) is 0.583.